The number of rotatable bonds is 4. The first-order valence-electron chi connectivity index (χ1n) is 2.95. The Bertz CT molecular complexity index is 162. The maximum Gasteiger partial charge on any atom is 0.328 e. The van der Waals surface area contributed by atoms with Crippen molar-refractivity contribution >= 4 is 16.8 Å². The van der Waals surface area contributed by atoms with Gasteiger partial charge in [0.05, 0.1) is 0 Å². The summed E-state index contributed by atoms with van der Waals surface area (Å²) >= 11 is 0. The van der Waals surface area contributed by atoms with E-state index in [9.17, 15) is 9.00 Å². The molecule has 0 aliphatic rings. The Kier molecular flexibility index (Phi) is 4.84. The summed E-state index contributed by atoms with van der Waals surface area (Å²) in [6.45, 7) is 1.90. The zero-order valence-corrected chi connectivity index (χ0v) is 6.56. The number of hydrogen-bond donors (Lipinski definition) is 1. The van der Waals surface area contributed by atoms with Gasteiger partial charge < -0.3 is 5.11 Å². The van der Waals surface area contributed by atoms with E-state index < -0.39 is 16.8 Å². The molecule has 1 N–H and O–H groups in total. The molecule has 0 aromatic heterocycles. The molecule has 0 amide bonds. The van der Waals surface area contributed by atoms with Crippen LogP contribution < -0.4 is 0 Å². The van der Waals surface area contributed by atoms with Crippen LogP contribution in [0.15, 0.2) is 11.5 Å². The summed E-state index contributed by atoms with van der Waals surface area (Å²) in [4.78, 5) is 9.89. The molecular formula is C6H10O3S. The van der Waals surface area contributed by atoms with E-state index in [0.717, 1.165) is 12.5 Å². The lowest BCUT2D eigenvalue weighted by molar-refractivity contribution is -0.131. The Hall–Kier alpha value is -0.640. The highest BCUT2D eigenvalue weighted by atomic mass is 32.2. The van der Waals surface area contributed by atoms with Gasteiger partial charge in [-0.25, -0.2) is 4.79 Å². The van der Waals surface area contributed by atoms with Crippen LogP contribution in [-0.2, 0) is 15.6 Å². The summed E-state index contributed by atoms with van der Waals surface area (Å²) in [5.41, 5.74) is 0. The minimum absolute atomic E-state index is 0.532. The maximum absolute atomic E-state index is 10.7. The van der Waals surface area contributed by atoms with E-state index in [0.29, 0.717) is 5.75 Å². The monoisotopic (exact) mass is 162 g/mol. The van der Waals surface area contributed by atoms with Crippen LogP contribution in [-0.4, -0.2) is 21.0 Å². The molecule has 1 unspecified atom stereocenters. The molecule has 0 heterocycles. The number of aliphatic carboxylic acids is 1. The molecule has 0 saturated carbocycles. The third-order valence-corrected chi connectivity index (χ3v) is 2.02. The number of carboxylic acid groups (broad SMARTS) is 1. The lowest BCUT2D eigenvalue weighted by Gasteiger charge is -1.87. The van der Waals surface area contributed by atoms with Gasteiger partial charge in [0.2, 0.25) is 0 Å². The quantitative estimate of drug-likeness (QED) is 0.620. The molecule has 0 saturated heterocycles. The van der Waals surface area contributed by atoms with Gasteiger partial charge in [-0.3, -0.25) is 4.21 Å². The summed E-state index contributed by atoms with van der Waals surface area (Å²) in [5, 5.41) is 9.31. The first-order valence-corrected chi connectivity index (χ1v) is 4.33. The summed E-state index contributed by atoms with van der Waals surface area (Å²) in [6, 6.07) is 0. The van der Waals surface area contributed by atoms with Crippen LogP contribution in [0.1, 0.15) is 13.3 Å². The molecule has 0 radical (unpaired) electrons. The van der Waals surface area contributed by atoms with Crippen molar-refractivity contribution in [2.24, 2.45) is 0 Å². The first kappa shape index (κ1) is 9.36. The van der Waals surface area contributed by atoms with Crippen molar-refractivity contribution in [2.75, 3.05) is 5.75 Å². The van der Waals surface area contributed by atoms with E-state index in [2.05, 4.69) is 0 Å². The zero-order chi connectivity index (χ0) is 7.98. The van der Waals surface area contributed by atoms with Crippen molar-refractivity contribution in [2.45, 2.75) is 13.3 Å². The van der Waals surface area contributed by atoms with Gasteiger partial charge in [0, 0.05) is 28.0 Å². The molecule has 0 fully saturated rings. The summed E-state index contributed by atoms with van der Waals surface area (Å²) in [7, 11) is -1.10. The molecule has 0 aliphatic carbocycles. The van der Waals surface area contributed by atoms with Gasteiger partial charge in [0.15, 0.2) is 0 Å². The molecule has 58 valence electrons. The van der Waals surface area contributed by atoms with Crippen LogP contribution in [0.4, 0.5) is 0 Å². The highest BCUT2D eigenvalue weighted by Gasteiger charge is 1.91. The summed E-state index contributed by atoms with van der Waals surface area (Å²) in [6.07, 6.45) is 1.71. The van der Waals surface area contributed by atoms with Crippen LogP contribution in [0.2, 0.25) is 0 Å². The Morgan fingerprint density at radius 1 is 1.70 bits per heavy atom. The van der Waals surface area contributed by atoms with Crippen LogP contribution >= 0.6 is 0 Å². The van der Waals surface area contributed by atoms with Crippen LogP contribution in [0.25, 0.3) is 0 Å². The summed E-state index contributed by atoms with van der Waals surface area (Å²) < 4.78 is 10.7. The largest absolute Gasteiger partial charge is 0.478 e. The highest BCUT2D eigenvalue weighted by molar-refractivity contribution is 7.87. The predicted molar refractivity (Wildman–Crippen MR) is 40.1 cm³/mol. The third kappa shape index (κ3) is 5.50. The molecule has 0 spiro atoms. The molecule has 0 aromatic rings. The lowest BCUT2D eigenvalue weighted by atomic mass is 10.6. The minimum Gasteiger partial charge on any atom is -0.478 e. The van der Waals surface area contributed by atoms with Gasteiger partial charge in [0.1, 0.15) is 0 Å². The van der Waals surface area contributed by atoms with Crippen molar-refractivity contribution in [3.8, 4) is 0 Å². The maximum atomic E-state index is 10.7. The van der Waals surface area contributed by atoms with Crippen LogP contribution in [0.5, 0.6) is 0 Å². The molecule has 3 nitrogen and oxygen atoms in total. The van der Waals surface area contributed by atoms with Gasteiger partial charge >= 0.3 is 5.97 Å². The Labute approximate surface area is 62.2 Å². The average Bonchev–Trinajstić information content (AvgIpc) is 1.85. The van der Waals surface area contributed by atoms with Crippen molar-refractivity contribution in [1.29, 1.82) is 0 Å². The van der Waals surface area contributed by atoms with Crippen molar-refractivity contribution < 1.29 is 14.1 Å². The van der Waals surface area contributed by atoms with Crippen LogP contribution in [0, 0.1) is 0 Å². The lowest BCUT2D eigenvalue weighted by Crippen LogP contribution is -1.93. The SMILES string of the molecule is CCCS(=O)/C=C\C(=O)O. The molecule has 0 aromatic carbocycles. The van der Waals surface area contributed by atoms with Gasteiger partial charge in [0.25, 0.3) is 0 Å². The third-order valence-electron chi connectivity index (χ3n) is 0.768. The molecule has 0 aliphatic heterocycles. The normalized spacial score (nSPS) is 13.7. The molecule has 1 atom stereocenters. The van der Waals surface area contributed by atoms with Gasteiger partial charge in [-0.1, -0.05) is 6.92 Å². The first-order chi connectivity index (χ1) is 4.66. The Morgan fingerprint density at radius 3 is 2.70 bits per heavy atom. The molecule has 0 rings (SSSR count). The van der Waals surface area contributed by atoms with Crippen molar-refractivity contribution in [3.63, 3.8) is 0 Å². The van der Waals surface area contributed by atoms with E-state index in [1.54, 1.807) is 0 Å². The second kappa shape index (κ2) is 5.17. The van der Waals surface area contributed by atoms with Crippen molar-refractivity contribution in [3.05, 3.63) is 11.5 Å². The second-order valence-electron chi connectivity index (χ2n) is 1.73. The number of carbonyl (C=O) groups is 1. The fraction of sp³-hybridized carbons (Fsp3) is 0.500. The predicted octanol–water partition coefficient (Wildman–Crippen LogP) is 0.743. The molecular weight excluding hydrogens is 152 g/mol. The van der Waals surface area contributed by atoms with Gasteiger partial charge in [-0.05, 0) is 6.42 Å². The van der Waals surface area contributed by atoms with E-state index in [1.807, 2.05) is 6.92 Å². The van der Waals surface area contributed by atoms with E-state index >= 15 is 0 Å². The van der Waals surface area contributed by atoms with E-state index in [4.69, 9.17) is 5.11 Å². The van der Waals surface area contributed by atoms with Crippen molar-refractivity contribution in [1.82, 2.24) is 0 Å². The standard InChI is InChI=1S/C6H10O3S/c1-2-4-10(9)5-3-6(7)8/h3,5H,2,4H2,1H3,(H,7,8)/b5-3-. The zero-order valence-electron chi connectivity index (χ0n) is 5.74. The molecule has 10 heavy (non-hydrogen) atoms. The second-order valence-corrected chi connectivity index (χ2v) is 3.17. The van der Waals surface area contributed by atoms with E-state index in [-0.39, 0.29) is 0 Å². The fourth-order valence-electron chi connectivity index (χ4n) is 0.403. The van der Waals surface area contributed by atoms with Crippen LogP contribution in [0.3, 0.4) is 0 Å². The fourth-order valence-corrected chi connectivity index (χ4v) is 1.21. The Balaban J connectivity index is 3.67. The average molecular weight is 162 g/mol. The summed E-state index contributed by atoms with van der Waals surface area (Å²) in [5.74, 6) is -0.520. The van der Waals surface area contributed by atoms with Gasteiger partial charge in [-0.2, -0.15) is 0 Å². The smallest absolute Gasteiger partial charge is 0.328 e. The number of carboxylic acids is 1. The number of hydrogen-bond acceptors (Lipinski definition) is 2. The molecule has 4 heteroatoms. The molecule has 0 bridgehead atoms. The van der Waals surface area contributed by atoms with E-state index in [1.165, 1.54) is 5.41 Å². The minimum atomic E-state index is -1.10. The van der Waals surface area contributed by atoms with Gasteiger partial charge in [-0.15, -0.1) is 0 Å². The Morgan fingerprint density at radius 2 is 2.30 bits per heavy atom. The highest BCUT2D eigenvalue weighted by Crippen LogP contribution is 1.88. The topological polar surface area (TPSA) is 54.4 Å².